The van der Waals surface area contributed by atoms with Gasteiger partial charge in [0.2, 0.25) is 0 Å². The molecule has 1 aromatic heterocycles. The lowest BCUT2D eigenvalue weighted by atomic mass is 10.3. The van der Waals surface area contributed by atoms with Gasteiger partial charge in [0.05, 0.1) is 0 Å². The van der Waals surface area contributed by atoms with Crippen LogP contribution in [-0.4, -0.2) is 16.9 Å². The smallest absolute Gasteiger partial charge is 0.270 e. The Bertz CT molecular complexity index is 438. The van der Waals surface area contributed by atoms with Crippen LogP contribution in [0.25, 0.3) is 0 Å². The first-order valence-electron chi connectivity index (χ1n) is 3.69. The van der Waals surface area contributed by atoms with Crippen LogP contribution in [0.3, 0.4) is 0 Å². The van der Waals surface area contributed by atoms with E-state index in [9.17, 15) is 4.79 Å². The Balaban J connectivity index is 2.79. The molecule has 2 rings (SSSR count). The summed E-state index contributed by atoms with van der Waals surface area (Å²) in [5.74, 6) is -0.221. The highest BCUT2D eigenvalue weighted by Gasteiger charge is 2.13. The molecule has 2 heterocycles. The van der Waals surface area contributed by atoms with E-state index in [0.717, 1.165) is 0 Å². The van der Waals surface area contributed by atoms with Crippen LogP contribution in [0.5, 0.6) is 0 Å². The number of hydrogen-bond donors (Lipinski definition) is 0. The third-order valence-corrected chi connectivity index (χ3v) is 1.67. The van der Waals surface area contributed by atoms with Crippen molar-refractivity contribution >= 4 is 5.91 Å². The van der Waals surface area contributed by atoms with Crippen LogP contribution in [0.2, 0.25) is 0 Å². The molecule has 0 spiro atoms. The number of rotatable bonds is 0. The zero-order chi connectivity index (χ0) is 8.55. The maximum absolute atomic E-state index is 11.1. The fraction of sp³-hybridized carbons (Fsp3) is 0.250. The summed E-state index contributed by atoms with van der Waals surface area (Å²) in [5.41, 5.74) is 0.431. The van der Waals surface area contributed by atoms with Crippen molar-refractivity contribution in [3.63, 3.8) is 0 Å². The Morgan fingerprint density at radius 2 is 2.33 bits per heavy atom. The van der Waals surface area contributed by atoms with Gasteiger partial charge in [0.25, 0.3) is 5.91 Å². The Hall–Kier alpha value is -1.58. The average Bonchev–Trinajstić information content (AvgIpc) is 2.07. The van der Waals surface area contributed by atoms with Crippen LogP contribution >= 0.6 is 0 Å². The Labute approximate surface area is 68.7 Å². The zero-order valence-corrected chi connectivity index (χ0v) is 6.56. The van der Waals surface area contributed by atoms with E-state index in [-0.39, 0.29) is 11.9 Å². The Kier molecular flexibility index (Phi) is 1.46. The van der Waals surface area contributed by atoms with Gasteiger partial charge in [0, 0.05) is 6.20 Å². The normalized spacial score (nSPS) is 20.8. The molecule has 60 valence electrons. The first-order chi connectivity index (χ1) is 5.77. The fourth-order valence-electron chi connectivity index (χ4n) is 1.04. The van der Waals surface area contributed by atoms with Crippen molar-refractivity contribution in [2.45, 2.75) is 13.0 Å². The van der Waals surface area contributed by atoms with Gasteiger partial charge >= 0.3 is 0 Å². The molecule has 0 unspecified atom stereocenters. The molecule has 0 radical (unpaired) electrons. The van der Waals surface area contributed by atoms with Crippen LogP contribution in [0.1, 0.15) is 6.92 Å². The molecule has 1 aliphatic rings. The van der Waals surface area contributed by atoms with Crippen LogP contribution in [0, 0.1) is 0 Å². The predicted octanol–water partition coefficient (Wildman–Crippen LogP) is -0.750. The largest absolute Gasteiger partial charge is 0.272 e. The standard InChI is InChI=1S/C8H7N3O/c1-5-8(12)11-7-6(10-5)3-2-4-9-7/h2-5H,1H3/t5-/m1/s1. The SMILES string of the molecule is C[C@H]1N=c2cccnc2=NC1=O. The predicted molar refractivity (Wildman–Crippen MR) is 41.0 cm³/mol. The number of carbonyl (C=O) groups excluding carboxylic acids is 1. The highest BCUT2D eigenvalue weighted by molar-refractivity contribution is 5.82. The Morgan fingerprint density at radius 1 is 1.50 bits per heavy atom. The summed E-state index contributed by atoms with van der Waals surface area (Å²) in [6.07, 6.45) is 1.60. The second-order valence-electron chi connectivity index (χ2n) is 2.60. The van der Waals surface area contributed by atoms with Crippen molar-refractivity contribution in [3.05, 3.63) is 29.2 Å². The quantitative estimate of drug-likeness (QED) is 0.502. The molecule has 0 saturated carbocycles. The first kappa shape index (κ1) is 7.09. The van der Waals surface area contributed by atoms with Crippen molar-refractivity contribution in [2.75, 3.05) is 0 Å². The summed E-state index contributed by atoms with van der Waals surface area (Å²) < 4.78 is 0. The summed E-state index contributed by atoms with van der Waals surface area (Å²) in [7, 11) is 0. The van der Waals surface area contributed by atoms with E-state index in [0.29, 0.717) is 10.8 Å². The molecule has 4 heteroatoms. The van der Waals surface area contributed by atoms with E-state index in [1.807, 2.05) is 0 Å². The lowest BCUT2D eigenvalue weighted by molar-refractivity contribution is -0.119. The minimum absolute atomic E-state index is 0.221. The summed E-state index contributed by atoms with van der Waals surface area (Å²) in [5, 5.41) is 0.699. The molecule has 0 saturated heterocycles. The highest BCUT2D eigenvalue weighted by Crippen LogP contribution is 1.92. The van der Waals surface area contributed by atoms with Gasteiger partial charge in [-0.15, -0.1) is 0 Å². The number of amides is 1. The molecule has 1 amide bonds. The minimum Gasteiger partial charge on any atom is -0.270 e. The van der Waals surface area contributed by atoms with Crippen LogP contribution in [-0.2, 0) is 4.79 Å². The lowest BCUT2D eigenvalue weighted by Gasteiger charge is -2.03. The lowest BCUT2D eigenvalue weighted by Crippen LogP contribution is -2.37. The van der Waals surface area contributed by atoms with Gasteiger partial charge in [-0.05, 0) is 19.1 Å². The van der Waals surface area contributed by atoms with Crippen LogP contribution in [0.15, 0.2) is 28.3 Å². The van der Waals surface area contributed by atoms with Crippen molar-refractivity contribution in [2.24, 2.45) is 9.98 Å². The Morgan fingerprint density at radius 3 is 3.17 bits per heavy atom. The number of fused-ring (bicyclic) bond motifs is 1. The van der Waals surface area contributed by atoms with E-state index in [1.165, 1.54) is 0 Å². The molecule has 0 aliphatic carbocycles. The number of pyridine rings is 1. The second kappa shape index (κ2) is 2.48. The van der Waals surface area contributed by atoms with Crippen molar-refractivity contribution in [1.82, 2.24) is 4.98 Å². The van der Waals surface area contributed by atoms with E-state index in [1.54, 1.807) is 25.3 Å². The maximum atomic E-state index is 11.1. The molecular formula is C8H7N3O. The maximum Gasteiger partial charge on any atom is 0.272 e. The van der Waals surface area contributed by atoms with E-state index < -0.39 is 0 Å². The van der Waals surface area contributed by atoms with Crippen LogP contribution in [0.4, 0.5) is 0 Å². The third kappa shape index (κ3) is 1.01. The van der Waals surface area contributed by atoms with Gasteiger partial charge < -0.3 is 0 Å². The molecule has 1 aliphatic heterocycles. The van der Waals surface area contributed by atoms with E-state index in [2.05, 4.69) is 15.0 Å². The molecule has 1 atom stereocenters. The second-order valence-corrected chi connectivity index (χ2v) is 2.60. The van der Waals surface area contributed by atoms with Crippen molar-refractivity contribution in [3.8, 4) is 0 Å². The van der Waals surface area contributed by atoms with Gasteiger partial charge in [-0.1, -0.05) is 0 Å². The molecule has 12 heavy (non-hydrogen) atoms. The highest BCUT2D eigenvalue weighted by atomic mass is 16.1. The number of carbonyl (C=O) groups is 1. The minimum atomic E-state index is -0.360. The number of aromatic nitrogens is 1. The molecule has 4 nitrogen and oxygen atoms in total. The molecule has 0 N–H and O–H groups in total. The summed E-state index contributed by atoms with van der Waals surface area (Å²) in [6.45, 7) is 1.72. The van der Waals surface area contributed by atoms with Gasteiger partial charge in [0.1, 0.15) is 11.4 Å². The zero-order valence-electron chi connectivity index (χ0n) is 6.56. The first-order valence-corrected chi connectivity index (χ1v) is 3.69. The van der Waals surface area contributed by atoms with Crippen LogP contribution < -0.4 is 10.8 Å². The average molecular weight is 161 g/mol. The van der Waals surface area contributed by atoms with Crippen molar-refractivity contribution in [1.29, 1.82) is 0 Å². The number of hydrogen-bond acceptors (Lipinski definition) is 3. The van der Waals surface area contributed by atoms with Gasteiger partial charge in [-0.25, -0.2) is 4.98 Å². The topological polar surface area (TPSA) is 54.7 Å². The summed E-state index contributed by atoms with van der Waals surface area (Å²) in [6, 6.07) is 3.22. The number of nitrogens with zero attached hydrogens (tertiary/aromatic N) is 3. The van der Waals surface area contributed by atoms with E-state index >= 15 is 0 Å². The monoisotopic (exact) mass is 161 g/mol. The molecule has 0 fully saturated rings. The molecule has 1 aromatic rings. The summed E-state index contributed by atoms with van der Waals surface area (Å²) >= 11 is 0. The third-order valence-electron chi connectivity index (χ3n) is 1.67. The van der Waals surface area contributed by atoms with E-state index in [4.69, 9.17) is 0 Å². The molecular weight excluding hydrogens is 154 g/mol. The fourth-order valence-corrected chi connectivity index (χ4v) is 1.04. The van der Waals surface area contributed by atoms with Gasteiger partial charge in [-0.3, -0.25) is 9.79 Å². The summed E-state index contributed by atoms with van der Waals surface area (Å²) in [4.78, 5) is 22.9. The van der Waals surface area contributed by atoms with Gasteiger partial charge in [0.15, 0.2) is 5.49 Å². The molecule has 0 aromatic carbocycles. The van der Waals surface area contributed by atoms with Gasteiger partial charge in [-0.2, -0.15) is 4.99 Å². The molecule has 0 bridgehead atoms. The van der Waals surface area contributed by atoms with Crippen molar-refractivity contribution < 1.29 is 4.79 Å².